The molecule has 1 aromatic carbocycles. The summed E-state index contributed by atoms with van der Waals surface area (Å²) in [6, 6.07) is 9.03. The van der Waals surface area contributed by atoms with Crippen LogP contribution < -0.4 is 20.3 Å². The van der Waals surface area contributed by atoms with Crippen LogP contribution in [0.25, 0.3) is 22.6 Å². The fourth-order valence-electron chi connectivity index (χ4n) is 9.88. The number of aryl methyl sites for hydroxylation is 2. The number of hydrogen-bond acceptors (Lipinski definition) is 11. The molecular formula is C47H56ClN11O5. The molecule has 0 aliphatic carbocycles. The topological polar surface area (TPSA) is 184 Å². The number of halogens is 1. The summed E-state index contributed by atoms with van der Waals surface area (Å²) in [5, 5.41) is 10.3. The number of nitrogens with zero attached hydrogens (tertiary/aromatic N) is 8. The molecule has 1 atom stereocenters. The van der Waals surface area contributed by atoms with Crippen LogP contribution in [0.2, 0.25) is 5.02 Å². The highest BCUT2D eigenvalue weighted by Crippen LogP contribution is 2.37. The van der Waals surface area contributed by atoms with E-state index in [1.807, 2.05) is 26.4 Å². The molecular weight excluding hydrogens is 834 g/mol. The van der Waals surface area contributed by atoms with Crippen LogP contribution in [-0.2, 0) is 21.4 Å². The summed E-state index contributed by atoms with van der Waals surface area (Å²) in [7, 11) is 1.86. The molecule has 3 N–H and O–H groups in total. The highest BCUT2D eigenvalue weighted by atomic mass is 35.5. The number of fused-ring (bicyclic) bond motifs is 1. The number of amides is 4. The van der Waals surface area contributed by atoms with Gasteiger partial charge in [-0.3, -0.25) is 34.2 Å². The van der Waals surface area contributed by atoms with E-state index >= 15 is 0 Å². The second kappa shape index (κ2) is 19.1. The molecule has 4 aliphatic heterocycles. The van der Waals surface area contributed by atoms with Gasteiger partial charge in [-0.05, 0) is 119 Å². The second-order valence-electron chi connectivity index (χ2n) is 17.9. The molecule has 17 heteroatoms. The van der Waals surface area contributed by atoms with E-state index in [9.17, 15) is 19.2 Å². The molecule has 4 aromatic heterocycles. The number of hydrogen-bond donors (Lipinski definition) is 3. The Hall–Kier alpha value is -5.87. The molecule has 336 valence electrons. The lowest BCUT2D eigenvalue weighted by Gasteiger charge is -2.39. The van der Waals surface area contributed by atoms with E-state index in [-0.39, 0.29) is 29.6 Å². The molecule has 64 heavy (non-hydrogen) atoms. The van der Waals surface area contributed by atoms with Crippen LogP contribution in [0.1, 0.15) is 85.3 Å². The van der Waals surface area contributed by atoms with Crippen molar-refractivity contribution in [3.05, 3.63) is 77.0 Å². The maximum Gasteiger partial charge on any atom is 0.251 e. The molecule has 4 aliphatic rings. The summed E-state index contributed by atoms with van der Waals surface area (Å²) in [5.41, 5.74) is 5.18. The Morgan fingerprint density at radius 1 is 0.922 bits per heavy atom. The first kappa shape index (κ1) is 43.4. The number of nitrogens with one attached hydrogen (secondary N) is 3. The fourth-order valence-corrected chi connectivity index (χ4v) is 10.1. The molecule has 0 spiro atoms. The number of aromatic amines is 1. The minimum absolute atomic E-state index is 0.0950. The van der Waals surface area contributed by atoms with Crippen molar-refractivity contribution < 1.29 is 23.9 Å². The Morgan fingerprint density at radius 3 is 2.39 bits per heavy atom. The van der Waals surface area contributed by atoms with Crippen molar-refractivity contribution in [1.82, 2.24) is 50.1 Å². The van der Waals surface area contributed by atoms with Crippen LogP contribution in [0, 0.1) is 24.7 Å². The van der Waals surface area contributed by atoms with Gasteiger partial charge in [0.15, 0.2) is 11.4 Å². The molecule has 0 saturated carbocycles. The average molecular weight is 890 g/mol. The zero-order valence-corrected chi connectivity index (χ0v) is 37.3. The number of ether oxygens (including phenoxy) is 1. The van der Waals surface area contributed by atoms with Crippen LogP contribution in [0.5, 0.6) is 11.5 Å². The van der Waals surface area contributed by atoms with Crippen LogP contribution in [-0.4, -0.2) is 116 Å². The molecule has 0 radical (unpaired) electrons. The Labute approximate surface area is 377 Å². The number of piperidine rings is 4. The first-order valence-electron chi connectivity index (χ1n) is 22.7. The number of H-pyrrole nitrogens is 1. The first-order valence-corrected chi connectivity index (χ1v) is 23.1. The predicted octanol–water partition coefficient (Wildman–Crippen LogP) is 6.01. The van der Waals surface area contributed by atoms with Crippen molar-refractivity contribution in [2.24, 2.45) is 24.8 Å². The summed E-state index contributed by atoms with van der Waals surface area (Å²) >= 11 is 6.53. The molecule has 0 unspecified atom stereocenters. The Balaban J connectivity index is 0.667. The number of benzene rings is 1. The first-order chi connectivity index (χ1) is 31.0. The maximum atomic E-state index is 13.6. The van der Waals surface area contributed by atoms with Crippen molar-refractivity contribution in [2.45, 2.75) is 70.6 Å². The highest BCUT2D eigenvalue weighted by molar-refractivity contribution is 6.32. The average Bonchev–Trinajstić information content (AvgIpc) is 3.90. The van der Waals surface area contributed by atoms with Crippen LogP contribution in [0.4, 0.5) is 5.69 Å². The van der Waals surface area contributed by atoms with Crippen molar-refractivity contribution in [3.63, 3.8) is 0 Å². The van der Waals surface area contributed by atoms with Gasteiger partial charge in [-0.15, -0.1) is 0 Å². The quantitative estimate of drug-likeness (QED) is 0.125. The van der Waals surface area contributed by atoms with Crippen molar-refractivity contribution in [1.29, 1.82) is 0 Å². The minimum Gasteiger partial charge on any atom is -0.453 e. The van der Waals surface area contributed by atoms with E-state index < -0.39 is 0 Å². The number of carbonyl (C=O) groups excluding carboxylic acids is 4. The summed E-state index contributed by atoms with van der Waals surface area (Å²) in [5.74, 6) is 2.12. The normalized spacial score (nSPS) is 19.6. The van der Waals surface area contributed by atoms with Crippen LogP contribution in [0.3, 0.4) is 0 Å². The van der Waals surface area contributed by atoms with E-state index in [2.05, 4.69) is 56.4 Å². The van der Waals surface area contributed by atoms with Gasteiger partial charge in [0.2, 0.25) is 17.7 Å². The zero-order valence-electron chi connectivity index (χ0n) is 36.5. The number of carbonyl (C=O) groups is 4. The van der Waals surface area contributed by atoms with E-state index in [4.69, 9.17) is 16.3 Å². The molecule has 16 nitrogen and oxygen atoms in total. The summed E-state index contributed by atoms with van der Waals surface area (Å²) in [6.45, 7) is 8.93. The lowest BCUT2D eigenvalue weighted by Crippen LogP contribution is -2.47. The van der Waals surface area contributed by atoms with Gasteiger partial charge in [0.05, 0.1) is 35.3 Å². The molecule has 4 saturated heterocycles. The maximum absolute atomic E-state index is 13.6. The van der Waals surface area contributed by atoms with Gasteiger partial charge in [0.1, 0.15) is 22.1 Å². The molecule has 9 rings (SSSR count). The van der Waals surface area contributed by atoms with Gasteiger partial charge in [-0.2, -0.15) is 5.10 Å². The third kappa shape index (κ3) is 9.77. The molecule has 0 bridgehead atoms. The van der Waals surface area contributed by atoms with Crippen molar-refractivity contribution in [2.75, 3.05) is 57.3 Å². The Bertz CT molecular complexity index is 2500. The van der Waals surface area contributed by atoms with Gasteiger partial charge >= 0.3 is 0 Å². The SMILES string of the molecule is Cc1nn(C)cc1-c1nc2ncc(Cl)c(Oc3ccc(C(=O)NCCC4CCN(C(=O)C5CCN(CC6CCN(c7cncc([C@@H]8CCC(=O)NC8=O)c7)CC6)CC5)CC4)cc3)c2[nH]1. The third-order valence-corrected chi connectivity index (χ3v) is 13.9. The molecule has 4 fully saturated rings. The van der Waals surface area contributed by atoms with Gasteiger partial charge in [-0.25, -0.2) is 9.97 Å². The smallest absolute Gasteiger partial charge is 0.251 e. The lowest BCUT2D eigenvalue weighted by molar-refractivity contribution is -0.138. The highest BCUT2D eigenvalue weighted by Gasteiger charge is 2.33. The van der Waals surface area contributed by atoms with Gasteiger partial charge in [-0.1, -0.05) is 11.6 Å². The van der Waals surface area contributed by atoms with Crippen LogP contribution in [0.15, 0.2) is 55.1 Å². The van der Waals surface area contributed by atoms with E-state index in [0.29, 0.717) is 76.2 Å². The predicted molar refractivity (Wildman–Crippen MR) is 242 cm³/mol. The Kier molecular flexibility index (Phi) is 12.9. The van der Waals surface area contributed by atoms with Gasteiger partial charge in [0, 0.05) is 76.6 Å². The number of pyridine rings is 2. The molecule has 5 aromatic rings. The third-order valence-electron chi connectivity index (χ3n) is 13.6. The summed E-state index contributed by atoms with van der Waals surface area (Å²) in [4.78, 5) is 74.4. The number of likely N-dealkylation sites (tertiary alicyclic amines) is 2. The number of aromatic nitrogens is 6. The minimum atomic E-state index is -0.327. The number of rotatable bonds is 12. The largest absolute Gasteiger partial charge is 0.453 e. The second-order valence-corrected chi connectivity index (χ2v) is 18.4. The number of imidazole rings is 1. The van der Waals surface area contributed by atoms with E-state index in [1.165, 1.54) is 6.20 Å². The summed E-state index contributed by atoms with van der Waals surface area (Å²) < 4.78 is 7.92. The van der Waals surface area contributed by atoms with Crippen LogP contribution >= 0.6 is 11.6 Å². The standard InChI is InChI=1S/C47H56ClN11O5/c1-29-38(28-56(2)55-29)43-53-41-42(39(48)26-51-44(41)54-43)64-36-5-3-32(4-6-36)45(61)50-16-9-30-10-21-59(22-11-30)47(63)33-14-17-57(18-15-33)27-31-12-19-58(20-13-31)35-23-34(24-49-25-35)37-7-8-40(60)52-46(37)62/h3-6,23-26,28,30-31,33,37H,7-22,27H2,1-2H3,(H,50,61)(H,51,53,54)(H,52,60,62)/t37-/m0/s1. The number of imide groups is 1. The molecule has 4 amide bonds. The molecule has 8 heterocycles. The summed E-state index contributed by atoms with van der Waals surface area (Å²) in [6.07, 6.45) is 14.7. The van der Waals surface area contributed by atoms with E-state index in [0.717, 1.165) is 113 Å². The van der Waals surface area contributed by atoms with Gasteiger partial charge in [0.25, 0.3) is 5.91 Å². The monoisotopic (exact) mass is 889 g/mol. The van der Waals surface area contributed by atoms with Gasteiger partial charge < -0.3 is 29.7 Å². The van der Waals surface area contributed by atoms with Crippen molar-refractivity contribution in [3.8, 4) is 22.9 Å². The van der Waals surface area contributed by atoms with Crippen molar-refractivity contribution >= 4 is 52.1 Å². The fraction of sp³-hybridized carbons (Fsp3) is 0.489. The number of anilines is 1. The lowest BCUT2D eigenvalue weighted by atomic mass is 9.89. The zero-order chi connectivity index (χ0) is 44.3. The Morgan fingerprint density at radius 2 is 1.67 bits per heavy atom. The van der Waals surface area contributed by atoms with E-state index in [1.54, 1.807) is 35.1 Å².